The van der Waals surface area contributed by atoms with Crippen LogP contribution in [0.3, 0.4) is 0 Å². The van der Waals surface area contributed by atoms with E-state index in [0.29, 0.717) is 21.3 Å². The summed E-state index contributed by atoms with van der Waals surface area (Å²) >= 11 is 1.34. The summed E-state index contributed by atoms with van der Waals surface area (Å²) in [5, 5.41) is 2.97. The predicted octanol–water partition coefficient (Wildman–Crippen LogP) is 5.83. The van der Waals surface area contributed by atoms with Crippen LogP contribution < -0.4 is 0 Å². The van der Waals surface area contributed by atoms with Gasteiger partial charge in [-0.15, -0.1) is 0 Å². The molecule has 1 saturated heterocycles. The fourth-order valence-corrected chi connectivity index (χ4v) is 5.19. The number of carbonyl (C=O) groups is 2. The lowest BCUT2D eigenvalue weighted by Gasteiger charge is -2.07. The van der Waals surface area contributed by atoms with Crippen molar-refractivity contribution in [3.63, 3.8) is 0 Å². The number of aromatic nitrogens is 1. The number of thioether (sulfide) groups is 1. The van der Waals surface area contributed by atoms with Crippen molar-refractivity contribution in [2.45, 2.75) is 13.5 Å². The molecule has 1 fully saturated rings. The maximum absolute atomic E-state index is 12.9. The van der Waals surface area contributed by atoms with Gasteiger partial charge in [-0.25, -0.2) is 9.79 Å². The van der Waals surface area contributed by atoms with Crippen LogP contribution in [0, 0.1) is 0 Å². The fourth-order valence-electron chi connectivity index (χ4n) is 4.21. The van der Waals surface area contributed by atoms with E-state index in [2.05, 4.69) is 58.9 Å². The van der Waals surface area contributed by atoms with Crippen LogP contribution in [0.5, 0.6) is 0 Å². The average Bonchev–Trinajstić information content (AvgIpc) is 3.32. The molecule has 0 bridgehead atoms. The van der Waals surface area contributed by atoms with E-state index in [1.165, 1.54) is 40.7 Å². The monoisotopic (exact) mass is 469 g/mol. The maximum Gasteiger partial charge on any atom is 0.337 e. The van der Waals surface area contributed by atoms with Crippen LogP contribution in [0.1, 0.15) is 22.8 Å². The van der Waals surface area contributed by atoms with Gasteiger partial charge in [-0.1, -0.05) is 24.3 Å². The summed E-state index contributed by atoms with van der Waals surface area (Å²) in [6, 6.07) is 21.5. The fraction of sp³-hybridized carbons (Fsp3) is 0.148. The van der Waals surface area contributed by atoms with Crippen molar-refractivity contribution in [2.24, 2.45) is 4.99 Å². The van der Waals surface area contributed by atoms with Crippen LogP contribution in [0.2, 0.25) is 0 Å². The van der Waals surface area contributed by atoms with Crippen LogP contribution in [-0.2, 0) is 16.1 Å². The van der Waals surface area contributed by atoms with E-state index in [4.69, 9.17) is 4.74 Å². The highest BCUT2D eigenvalue weighted by Gasteiger charge is 2.30. The second-order valence-corrected chi connectivity index (χ2v) is 8.95. The van der Waals surface area contributed by atoms with Gasteiger partial charge in [0, 0.05) is 35.4 Å². The van der Waals surface area contributed by atoms with Gasteiger partial charge in [-0.3, -0.25) is 9.69 Å². The van der Waals surface area contributed by atoms with Crippen LogP contribution in [0.25, 0.3) is 27.9 Å². The molecular weight excluding hydrogens is 446 g/mol. The molecule has 1 aliphatic heterocycles. The first kappa shape index (κ1) is 22.0. The van der Waals surface area contributed by atoms with Gasteiger partial charge in [0.05, 0.1) is 23.3 Å². The van der Waals surface area contributed by atoms with Gasteiger partial charge < -0.3 is 9.30 Å². The molecule has 0 saturated carbocycles. The quantitative estimate of drug-likeness (QED) is 0.278. The lowest BCUT2D eigenvalue weighted by Crippen LogP contribution is -2.23. The van der Waals surface area contributed by atoms with E-state index in [0.717, 1.165) is 12.1 Å². The molecule has 5 rings (SSSR count). The normalized spacial score (nSPS) is 16.3. The highest BCUT2D eigenvalue weighted by Crippen LogP contribution is 2.35. The first-order valence-corrected chi connectivity index (χ1v) is 11.8. The number of hydrogen-bond donors (Lipinski definition) is 0. The number of para-hydroxylation sites is 1. The van der Waals surface area contributed by atoms with Gasteiger partial charge in [-0.05, 0) is 72.8 Å². The average molecular weight is 470 g/mol. The zero-order valence-electron chi connectivity index (χ0n) is 19.1. The Bertz CT molecular complexity index is 1500. The SMILES string of the molecule is CCn1c2ccccc2c2cc(/C=C3/SC(=Nc4ccc(C(=O)OC)cc4)N(C)C3=O)ccc21. The number of fused-ring (bicyclic) bond motifs is 3. The van der Waals surface area contributed by atoms with Gasteiger partial charge in [0.15, 0.2) is 5.17 Å². The van der Waals surface area contributed by atoms with Crippen molar-refractivity contribution in [2.75, 3.05) is 14.2 Å². The number of amidine groups is 1. The van der Waals surface area contributed by atoms with Crippen LogP contribution in [-0.4, -0.2) is 40.7 Å². The molecule has 0 spiro atoms. The first-order valence-electron chi connectivity index (χ1n) is 11.0. The standard InChI is InChI=1S/C27H23N3O3S/c1-4-30-22-8-6-5-7-20(22)21-15-17(9-14-23(21)30)16-24-25(31)29(2)27(34-24)28-19-12-10-18(11-13-19)26(32)33-3/h5-16H,4H2,1-3H3/b24-16+,28-27?. The summed E-state index contributed by atoms with van der Waals surface area (Å²) < 4.78 is 7.04. The number of likely N-dealkylation sites (N-methyl/N-ethyl adjacent to an activating group) is 1. The number of benzene rings is 3. The lowest BCUT2D eigenvalue weighted by atomic mass is 10.1. The Morgan fingerprint density at radius 1 is 1.03 bits per heavy atom. The molecule has 1 aliphatic rings. The minimum atomic E-state index is -0.397. The Hall–Kier alpha value is -3.84. The number of nitrogens with zero attached hydrogens (tertiary/aromatic N) is 3. The third-order valence-electron chi connectivity index (χ3n) is 5.93. The van der Waals surface area contributed by atoms with Crippen molar-refractivity contribution < 1.29 is 14.3 Å². The molecule has 6 nitrogen and oxygen atoms in total. The Morgan fingerprint density at radius 3 is 2.50 bits per heavy atom. The van der Waals surface area contributed by atoms with Gasteiger partial charge in [0.1, 0.15) is 0 Å². The van der Waals surface area contributed by atoms with Gasteiger partial charge >= 0.3 is 5.97 Å². The van der Waals surface area contributed by atoms with Gasteiger partial charge in [0.2, 0.25) is 0 Å². The van der Waals surface area contributed by atoms with E-state index in [1.54, 1.807) is 36.2 Å². The number of aryl methyl sites for hydroxylation is 1. The second-order valence-electron chi connectivity index (χ2n) is 7.95. The molecule has 4 aromatic rings. The zero-order valence-corrected chi connectivity index (χ0v) is 19.9. The molecule has 0 radical (unpaired) electrons. The number of methoxy groups -OCH3 is 1. The van der Waals surface area contributed by atoms with Gasteiger partial charge in [-0.2, -0.15) is 0 Å². The molecule has 170 valence electrons. The summed E-state index contributed by atoms with van der Waals surface area (Å²) in [7, 11) is 3.07. The molecule has 0 aliphatic carbocycles. The van der Waals surface area contributed by atoms with E-state index < -0.39 is 5.97 Å². The molecule has 34 heavy (non-hydrogen) atoms. The lowest BCUT2D eigenvalue weighted by molar-refractivity contribution is -0.121. The third kappa shape index (κ3) is 3.78. The largest absolute Gasteiger partial charge is 0.465 e. The summed E-state index contributed by atoms with van der Waals surface area (Å²) in [6.07, 6.45) is 1.92. The van der Waals surface area contributed by atoms with Crippen molar-refractivity contribution in [3.05, 3.63) is 82.8 Å². The van der Waals surface area contributed by atoms with Crippen molar-refractivity contribution in [3.8, 4) is 0 Å². The predicted molar refractivity (Wildman–Crippen MR) is 138 cm³/mol. The maximum atomic E-state index is 12.9. The number of hydrogen-bond acceptors (Lipinski definition) is 5. The van der Waals surface area contributed by atoms with Crippen molar-refractivity contribution in [1.82, 2.24) is 9.47 Å². The third-order valence-corrected chi connectivity index (χ3v) is 6.99. The summed E-state index contributed by atoms with van der Waals surface area (Å²) in [5.41, 5.74) is 4.48. The summed E-state index contributed by atoms with van der Waals surface area (Å²) in [4.78, 5) is 31.3. The van der Waals surface area contributed by atoms with E-state index >= 15 is 0 Å². The Kier molecular flexibility index (Phi) is 5.71. The van der Waals surface area contributed by atoms with E-state index in [-0.39, 0.29) is 5.91 Å². The molecule has 3 aromatic carbocycles. The van der Waals surface area contributed by atoms with Crippen LogP contribution in [0.4, 0.5) is 5.69 Å². The molecule has 2 heterocycles. The Morgan fingerprint density at radius 2 is 1.76 bits per heavy atom. The van der Waals surface area contributed by atoms with Crippen LogP contribution >= 0.6 is 11.8 Å². The minimum absolute atomic E-state index is 0.0917. The van der Waals surface area contributed by atoms with Gasteiger partial charge in [0.25, 0.3) is 5.91 Å². The summed E-state index contributed by atoms with van der Waals surface area (Å²) in [6.45, 7) is 3.04. The zero-order chi connectivity index (χ0) is 23.8. The smallest absolute Gasteiger partial charge is 0.337 e. The topological polar surface area (TPSA) is 63.9 Å². The Balaban J connectivity index is 1.47. The molecule has 0 unspecified atom stereocenters. The number of ether oxygens (including phenoxy) is 1. The number of esters is 1. The minimum Gasteiger partial charge on any atom is -0.465 e. The molecule has 0 atom stereocenters. The highest BCUT2D eigenvalue weighted by atomic mass is 32.2. The highest BCUT2D eigenvalue weighted by molar-refractivity contribution is 8.18. The summed E-state index contributed by atoms with van der Waals surface area (Å²) in [5.74, 6) is -0.489. The van der Waals surface area contributed by atoms with E-state index in [1.807, 2.05) is 6.08 Å². The number of rotatable bonds is 4. The Labute approximate surface area is 201 Å². The molecule has 1 aromatic heterocycles. The molecular formula is C27H23N3O3S. The number of aliphatic imine (C=N–C) groups is 1. The van der Waals surface area contributed by atoms with Crippen molar-refractivity contribution in [1.29, 1.82) is 0 Å². The van der Waals surface area contributed by atoms with Crippen LogP contribution in [0.15, 0.2) is 76.6 Å². The molecule has 0 N–H and O–H groups in total. The number of amides is 1. The first-order chi connectivity index (χ1) is 16.5. The molecule has 1 amide bonds. The second kappa shape index (κ2) is 8.83. The van der Waals surface area contributed by atoms with E-state index in [9.17, 15) is 9.59 Å². The number of carbonyl (C=O) groups excluding carboxylic acids is 2. The van der Waals surface area contributed by atoms with Crippen molar-refractivity contribution >= 4 is 62.4 Å². The molecule has 7 heteroatoms.